The van der Waals surface area contributed by atoms with E-state index in [-0.39, 0.29) is 16.7 Å². The van der Waals surface area contributed by atoms with Crippen LogP contribution < -0.4 is 5.32 Å². The van der Waals surface area contributed by atoms with Gasteiger partial charge in [-0.15, -0.1) is 0 Å². The number of fused-ring (bicyclic) bond motifs is 2. The highest BCUT2D eigenvalue weighted by molar-refractivity contribution is 5.87. The Morgan fingerprint density at radius 3 is 2.90 bits per heavy atom. The number of hydrogen-bond donors (Lipinski definition) is 2. The van der Waals surface area contributed by atoms with Gasteiger partial charge in [-0.25, -0.2) is 0 Å². The van der Waals surface area contributed by atoms with E-state index in [0.717, 1.165) is 36.2 Å². The molecule has 108 valence electrons. The number of hydrogen-bond acceptors (Lipinski definition) is 2. The Balaban J connectivity index is 1.73. The molecule has 2 atom stereocenters. The number of H-pyrrole nitrogens is 1. The average molecular weight is 273 g/mol. The zero-order valence-electron chi connectivity index (χ0n) is 12.5. The number of nitrogens with one attached hydrogen (secondary N) is 2. The third kappa shape index (κ3) is 1.74. The molecular formula is C16H23N3O. The molecule has 4 heteroatoms. The summed E-state index contributed by atoms with van der Waals surface area (Å²) in [6, 6.07) is 1.96. The normalized spacial score (nSPS) is 30.8. The van der Waals surface area contributed by atoms with Gasteiger partial charge in [-0.2, -0.15) is 5.10 Å². The first-order chi connectivity index (χ1) is 9.36. The Morgan fingerprint density at radius 2 is 2.35 bits per heavy atom. The van der Waals surface area contributed by atoms with Crippen LogP contribution in [0, 0.1) is 23.7 Å². The Bertz CT molecular complexity index is 572. The van der Waals surface area contributed by atoms with Crippen molar-refractivity contribution >= 4 is 5.91 Å². The largest absolute Gasteiger partial charge is 0.350 e. The lowest BCUT2D eigenvalue weighted by Gasteiger charge is -2.37. The summed E-state index contributed by atoms with van der Waals surface area (Å²) in [4.78, 5) is 12.7. The summed E-state index contributed by atoms with van der Waals surface area (Å²) in [6.07, 6.45) is 3.05. The number of rotatable bonds is 3. The number of carbonyl (C=O) groups excluding carboxylic acids is 1. The van der Waals surface area contributed by atoms with Gasteiger partial charge < -0.3 is 5.32 Å². The molecule has 1 heterocycles. The molecule has 2 aliphatic carbocycles. The van der Waals surface area contributed by atoms with Crippen LogP contribution in [0.3, 0.4) is 0 Å². The molecule has 2 N–H and O–H groups in total. The molecule has 0 aliphatic heterocycles. The maximum atomic E-state index is 12.7. The summed E-state index contributed by atoms with van der Waals surface area (Å²) in [5, 5.41) is 10.1. The van der Waals surface area contributed by atoms with Crippen molar-refractivity contribution in [2.75, 3.05) is 0 Å². The average Bonchev–Trinajstić information content (AvgIpc) is 3.05. The number of aromatic amines is 1. The SMILES string of the molecule is C=C1C2(C(=O)NCc3cc(C)[nH]n3)CCC(C2)C1(C)C. The molecule has 20 heavy (non-hydrogen) atoms. The predicted molar refractivity (Wildman–Crippen MR) is 77.9 cm³/mol. The van der Waals surface area contributed by atoms with E-state index in [1.807, 2.05) is 13.0 Å². The van der Waals surface area contributed by atoms with Gasteiger partial charge in [0.05, 0.1) is 17.7 Å². The molecule has 2 bridgehead atoms. The quantitative estimate of drug-likeness (QED) is 0.832. The minimum absolute atomic E-state index is 0.0957. The van der Waals surface area contributed by atoms with E-state index in [2.05, 4.69) is 35.9 Å². The smallest absolute Gasteiger partial charge is 0.230 e. The monoisotopic (exact) mass is 273 g/mol. The van der Waals surface area contributed by atoms with Crippen molar-refractivity contribution in [1.29, 1.82) is 0 Å². The molecule has 2 saturated carbocycles. The highest BCUT2D eigenvalue weighted by atomic mass is 16.2. The maximum absolute atomic E-state index is 12.7. The lowest BCUT2D eigenvalue weighted by molar-refractivity contribution is -0.128. The van der Waals surface area contributed by atoms with E-state index in [1.54, 1.807) is 0 Å². The van der Waals surface area contributed by atoms with Crippen LogP contribution in [0.5, 0.6) is 0 Å². The van der Waals surface area contributed by atoms with Crippen molar-refractivity contribution in [3.05, 3.63) is 29.6 Å². The first-order valence-electron chi connectivity index (χ1n) is 7.35. The van der Waals surface area contributed by atoms with Crippen LogP contribution in [0.15, 0.2) is 18.2 Å². The third-order valence-electron chi connectivity index (χ3n) is 5.51. The molecule has 0 saturated heterocycles. The summed E-state index contributed by atoms with van der Waals surface area (Å²) in [5.41, 5.74) is 2.78. The number of nitrogens with zero attached hydrogens (tertiary/aromatic N) is 1. The molecule has 4 nitrogen and oxygen atoms in total. The fourth-order valence-corrected chi connectivity index (χ4v) is 4.05. The first-order valence-corrected chi connectivity index (χ1v) is 7.35. The highest BCUT2D eigenvalue weighted by Gasteiger charge is 2.60. The van der Waals surface area contributed by atoms with E-state index in [4.69, 9.17) is 0 Å². The zero-order chi connectivity index (χ0) is 14.5. The molecule has 3 rings (SSSR count). The zero-order valence-corrected chi connectivity index (χ0v) is 12.5. The van der Waals surface area contributed by atoms with Crippen molar-refractivity contribution in [3.8, 4) is 0 Å². The second kappa shape index (κ2) is 4.21. The van der Waals surface area contributed by atoms with Crippen molar-refractivity contribution in [3.63, 3.8) is 0 Å². The second-order valence-electron chi connectivity index (χ2n) is 6.95. The van der Waals surface area contributed by atoms with E-state index in [0.29, 0.717) is 12.5 Å². The summed E-state index contributed by atoms with van der Waals surface area (Å²) >= 11 is 0. The number of aryl methyl sites for hydroxylation is 1. The Morgan fingerprint density at radius 1 is 1.60 bits per heavy atom. The number of amides is 1. The van der Waals surface area contributed by atoms with Gasteiger partial charge in [0.25, 0.3) is 0 Å². The minimum Gasteiger partial charge on any atom is -0.350 e. The summed E-state index contributed by atoms with van der Waals surface area (Å²) in [7, 11) is 0. The lowest BCUT2D eigenvalue weighted by atomic mass is 9.68. The van der Waals surface area contributed by atoms with Gasteiger partial charge in [0.2, 0.25) is 5.91 Å². The Kier molecular flexibility index (Phi) is 2.82. The van der Waals surface area contributed by atoms with Crippen LogP contribution in [0.4, 0.5) is 0 Å². The van der Waals surface area contributed by atoms with E-state index in [9.17, 15) is 4.79 Å². The van der Waals surface area contributed by atoms with E-state index in [1.165, 1.54) is 0 Å². The lowest BCUT2D eigenvalue weighted by Crippen LogP contribution is -2.41. The molecule has 2 aliphatic rings. The van der Waals surface area contributed by atoms with Crippen molar-refractivity contribution in [2.24, 2.45) is 16.7 Å². The van der Waals surface area contributed by atoms with E-state index < -0.39 is 0 Å². The summed E-state index contributed by atoms with van der Waals surface area (Å²) in [5.74, 6) is 0.740. The highest BCUT2D eigenvalue weighted by Crippen LogP contribution is 2.65. The van der Waals surface area contributed by atoms with Crippen LogP contribution in [0.2, 0.25) is 0 Å². The molecule has 0 spiro atoms. The van der Waals surface area contributed by atoms with Crippen LogP contribution >= 0.6 is 0 Å². The van der Waals surface area contributed by atoms with Gasteiger partial charge in [0.15, 0.2) is 0 Å². The van der Waals surface area contributed by atoms with Crippen LogP contribution in [-0.4, -0.2) is 16.1 Å². The number of aromatic nitrogens is 2. The Labute approximate surface area is 120 Å². The fraction of sp³-hybridized carbons (Fsp3) is 0.625. The predicted octanol–water partition coefficient (Wildman–Crippen LogP) is 2.72. The molecule has 1 aromatic heterocycles. The van der Waals surface area contributed by atoms with Crippen LogP contribution in [0.25, 0.3) is 0 Å². The molecule has 1 amide bonds. The van der Waals surface area contributed by atoms with Gasteiger partial charge in [0, 0.05) is 5.69 Å². The van der Waals surface area contributed by atoms with Crippen LogP contribution in [0.1, 0.15) is 44.5 Å². The van der Waals surface area contributed by atoms with Gasteiger partial charge in [-0.1, -0.05) is 26.0 Å². The summed E-state index contributed by atoms with van der Waals surface area (Å²) in [6.45, 7) is 11.2. The topological polar surface area (TPSA) is 57.8 Å². The van der Waals surface area contributed by atoms with Gasteiger partial charge >= 0.3 is 0 Å². The third-order valence-corrected chi connectivity index (χ3v) is 5.51. The van der Waals surface area contributed by atoms with E-state index >= 15 is 0 Å². The molecule has 2 unspecified atom stereocenters. The maximum Gasteiger partial charge on any atom is 0.230 e. The Hall–Kier alpha value is -1.58. The van der Waals surface area contributed by atoms with Crippen molar-refractivity contribution < 1.29 is 4.79 Å². The first kappa shape index (κ1) is 13.4. The van der Waals surface area contributed by atoms with Crippen molar-refractivity contribution in [1.82, 2.24) is 15.5 Å². The number of carbonyl (C=O) groups is 1. The van der Waals surface area contributed by atoms with Gasteiger partial charge in [0.1, 0.15) is 0 Å². The standard InChI is InChI=1S/C16H23N3O/c1-10-7-13(19-18-10)9-17-14(20)16-6-5-12(8-16)15(3,4)11(16)2/h7,12H,2,5-6,8-9H2,1,3-4H3,(H,17,20)(H,18,19). The minimum atomic E-state index is -0.334. The molecule has 0 aromatic carbocycles. The summed E-state index contributed by atoms with van der Waals surface area (Å²) < 4.78 is 0. The fourth-order valence-electron chi connectivity index (χ4n) is 4.05. The van der Waals surface area contributed by atoms with Gasteiger partial charge in [-0.3, -0.25) is 9.89 Å². The molecule has 1 aromatic rings. The molecule has 0 radical (unpaired) electrons. The van der Waals surface area contributed by atoms with Gasteiger partial charge in [-0.05, 0) is 43.6 Å². The second-order valence-corrected chi connectivity index (χ2v) is 6.95. The molecular weight excluding hydrogens is 250 g/mol. The van der Waals surface area contributed by atoms with Crippen LogP contribution in [-0.2, 0) is 11.3 Å². The van der Waals surface area contributed by atoms with Crippen molar-refractivity contribution in [2.45, 2.75) is 46.6 Å². The molecule has 2 fully saturated rings.